The molecule has 0 saturated carbocycles. The van der Waals surface area contributed by atoms with Crippen molar-refractivity contribution in [2.45, 2.75) is 19.3 Å². The third kappa shape index (κ3) is 3.20. The van der Waals surface area contributed by atoms with Crippen molar-refractivity contribution in [2.24, 2.45) is 0 Å². The van der Waals surface area contributed by atoms with E-state index in [-0.39, 0.29) is 5.82 Å². The molecule has 5 heteroatoms. The molecule has 0 atom stereocenters. The zero-order valence-electron chi connectivity index (χ0n) is 10.9. The Balaban J connectivity index is 2.18. The second-order valence-corrected chi connectivity index (χ2v) is 4.63. The highest BCUT2D eigenvalue weighted by atomic mass is 35.5. The molecular weight excluding hydrogens is 265 g/mol. The van der Waals surface area contributed by atoms with Crippen molar-refractivity contribution in [3.05, 3.63) is 53.1 Å². The monoisotopic (exact) mass is 279 g/mol. The third-order valence-electron chi connectivity index (χ3n) is 2.92. The van der Waals surface area contributed by atoms with Crippen LogP contribution in [0.15, 0.2) is 30.5 Å². The molecule has 0 fully saturated rings. The number of hydrogen-bond acceptors (Lipinski definition) is 3. The van der Waals surface area contributed by atoms with E-state index in [9.17, 15) is 4.39 Å². The maximum atomic E-state index is 13.6. The highest BCUT2D eigenvalue weighted by molar-refractivity contribution is 6.17. The molecule has 3 nitrogen and oxygen atoms in total. The predicted molar refractivity (Wildman–Crippen MR) is 74.8 cm³/mol. The van der Waals surface area contributed by atoms with Crippen molar-refractivity contribution in [1.29, 1.82) is 0 Å². The van der Waals surface area contributed by atoms with E-state index < -0.39 is 0 Å². The van der Waals surface area contributed by atoms with E-state index in [4.69, 9.17) is 11.6 Å². The first-order valence-electron chi connectivity index (χ1n) is 5.95. The smallest absolute Gasteiger partial charge is 0.225 e. The number of anilines is 1. The Kier molecular flexibility index (Phi) is 4.32. The molecule has 0 spiro atoms. The summed E-state index contributed by atoms with van der Waals surface area (Å²) in [6.45, 7) is 2.31. The molecule has 0 aliphatic rings. The molecule has 0 saturated heterocycles. The number of halogens is 2. The van der Waals surface area contributed by atoms with Crippen LogP contribution in [-0.4, -0.2) is 17.0 Å². The summed E-state index contributed by atoms with van der Waals surface area (Å²) in [6.07, 6.45) is 1.71. The molecule has 100 valence electrons. The topological polar surface area (TPSA) is 29.0 Å². The molecule has 0 unspecified atom stereocenters. The number of hydrogen-bond donors (Lipinski definition) is 0. The van der Waals surface area contributed by atoms with Crippen LogP contribution in [0.4, 0.5) is 10.3 Å². The fourth-order valence-electron chi connectivity index (χ4n) is 1.75. The number of aromatic nitrogens is 2. The Morgan fingerprint density at radius 2 is 2.00 bits per heavy atom. The van der Waals surface area contributed by atoms with E-state index in [1.54, 1.807) is 18.3 Å². The molecule has 0 N–H and O–H groups in total. The number of rotatable bonds is 4. The summed E-state index contributed by atoms with van der Waals surface area (Å²) in [6, 6.07) is 6.70. The Labute approximate surface area is 117 Å². The minimum absolute atomic E-state index is 0.219. The van der Waals surface area contributed by atoms with Crippen molar-refractivity contribution in [3.63, 3.8) is 0 Å². The van der Waals surface area contributed by atoms with Gasteiger partial charge < -0.3 is 4.90 Å². The second kappa shape index (κ2) is 5.97. The number of alkyl halides is 1. The van der Waals surface area contributed by atoms with E-state index in [1.165, 1.54) is 6.07 Å². The van der Waals surface area contributed by atoms with Gasteiger partial charge in [-0.2, -0.15) is 0 Å². The van der Waals surface area contributed by atoms with E-state index in [0.717, 1.165) is 11.3 Å². The van der Waals surface area contributed by atoms with Crippen molar-refractivity contribution in [3.8, 4) is 0 Å². The van der Waals surface area contributed by atoms with Gasteiger partial charge >= 0.3 is 0 Å². The van der Waals surface area contributed by atoms with Gasteiger partial charge in [0.1, 0.15) is 5.82 Å². The van der Waals surface area contributed by atoms with Gasteiger partial charge in [-0.05, 0) is 13.0 Å². The third-order valence-corrected chi connectivity index (χ3v) is 3.21. The minimum Gasteiger partial charge on any atom is -0.339 e. The van der Waals surface area contributed by atoms with Gasteiger partial charge in [0.15, 0.2) is 0 Å². The lowest BCUT2D eigenvalue weighted by Crippen LogP contribution is -2.20. The highest BCUT2D eigenvalue weighted by Gasteiger charge is 2.09. The maximum absolute atomic E-state index is 13.6. The van der Waals surface area contributed by atoms with E-state index in [0.29, 0.717) is 23.9 Å². The lowest BCUT2D eigenvalue weighted by Gasteiger charge is -2.18. The van der Waals surface area contributed by atoms with Gasteiger partial charge in [0.2, 0.25) is 5.95 Å². The fourth-order valence-corrected chi connectivity index (χ4v) is 2.01. The van der Waals surface area contributed by atoms with Gasteiger partial charge in [-0.1, -0.05) is 18.2 Å². The molecule has 0 radical (unpaired) electrons. The van der Waals surface area contributed by atoms with Crippen LogP contribution < -0.4 is 4.90 Å². The summed E-state index contributed by atoms with van der Waals surface area (Å²) < 4.78 is 13.6. The maximum Gasteiger partial charge on any atom is 0.225 e. The van der Waals surface area contributed by atoms with Crippen LogP contribution >= 0.6 is 11.6 Å². The minimum atomic E-state index is -0.219. The number of nitrogens with zero attached hydrogens (tertiary/aromatic N) is 3. The summed E-state index contributed by atoms with van der Waals surface area (Å²) in [5.41, 5.74) is 2.37. The van der Waals surface area contributed by atoms with Crippen LogP contribution in [0, 0.1) is 12.7 Å². The van der Waals surface area contributed by atoms with Crippen molar-refractivity contribution in [2.75, 3.05) is 11.9 Å². The van der Waals surface area contributed by atoms with Crippen LogP contribution in [-0.2, 0) is 12.4 Å². The summed E-state index contributed by atoms with van der Waals surface area (Å²) in [5, 5.41) is 0. The molecule has 0 amide bonds. The number of benzene rings is 1. The first-order chi connectivity index (χ1) is 9.11. The molecule has 1 aromatic heterocycles. The molecule has 2 aromatic rings. The second-order valence-electron chi connectivity index (χ2n) is 4.36. The molecular formula is C14H15ClFN3. The lowest BCUT2D eigenvalue weighted by molar-refractivity contribution is 0.607. The van der Waals surface area contributed by atoms with Crippen LogP contribution in [0.5, 0.6) is 0 Å². The molecule has 19 heavy (non-hydrogen) atoms. The van der Waals surface area contributed by atoms with Crippen LogP contribution in [0.2, 0.25) is 0 Å². The summed E-state index contributed by atoms with van der Waals surface area (Å²) in [4.78, 5) is 10.4. The van der Waals surface area contributed by atoms with Gasteiger partial charge in [-0.15, -0.1) is 11.6 Å². The Hall–Kier alpha value is -1.68. The van der Waals surface area contributed by atoms with E-state index in [2.05, 4.69) is 9.97 Å². The fraction of sp³-hybridized carbons (Fsp3) is 0.286. The number of aryl methyl sites for hydroxylation is 1. The standard InChI is InChI=1S/C14H15ClFN3/c1-10-12(7-15)8-17-14(18-10)19(2)9-11-5-3-4-6-13(11)16/h3-6,8H,7,9H2,1-2H3. The van der Waals surface area contributed by atoms with Crippen molar-refractivity contribution >= 4 is 17.5 Å². The van der Waals surface area contributed by atoms with Crippen molar-refractivity contribution in [1.82, 2.24) is 9.97 Å². The van der Waals surface area contributed by atoms with Crippen LogP contribution in [0.3, 0.4) is 0 Å². The molecule has 1 heterocycles. The summed E-state index contributed by atoms with van der Waals surface area (Å²) in [7, 11) is 1.83. The lowest BCUT2D eigenvalue weighted by atomic mass is 10.2. The Morgan fingerprint density at radius 1 is 1.26 bits per heavy atom. The Morgan fingerprint density at radius 3 is 2.63 bits per heavy atom. The largest absolute Gasteiger partial charge is 0.339 e. The molecule has 0 bridgehead atoms. The molecule has 0 aliphatic heterocycles. The van der Waals surface area contributed by atoms with E-state index in [1.807, 2.05) is 24.9 Å². The first kappa shape index (κ1) is 13.7. The van der Waals surface area contributed by atoms with Gasteiger partial charge in [0.05, 0.1) is 5.88 Å². The quantitative estimate of drug-likeness (QED) is 0.804. The average Bonchev–Trinajstić information content (AvgIpc) is 2.41. The average molecular weight is 280 g/mol. The van der Waals surface area contributed by atoms with Crippen LogP contribution in [0.25, 0.3) is 0 Å². The highest BCUT2D eigenvalue weighted by Crippen LogP contribution is 2.15. The van der Waals surface area contributed by atoms with Crippen molar-refractivity contribution < 1.29 is 4.39 Å². The zero-order valence-corrected chi connectivity index (χ0v) is 11.7. The van der Waals surface area contributed by atoms with Gasteiger partial charge in [-0.25, -0.2) is 14.4 Å². The van der Waals surface area contributed by atoms with E-state index >= 15 is 0 Å². The predicted octanol–water partition coefficient (Wildman–Crippen LogP) is 3.30. The zero-order chi connectivity index (χ0) is 13.8. The molecule has 1 aromatic carbocycles. The van der Waals surface area contributed by atoms with Gasteiger partial charge in [0, 0.05) is 36.6 Å². The first-order valence-corrected chi connectivity index (χ1v) is 6.48. The summed E-state index contributed by atoms with van der Waals surface area (Å²) in [5.74, 6) is 0.737. The molecule has 0 aliphatic carbocycles. The Bertz CT molecular complexity index is 574. The SMILES string of the molecule is Cc1nc(N(C)Cc2ccccc2F)ncc1CCl. The molecule has 2 rings (SSSR count). The van der Waals surface area contributed by atoms with Gasteiger partial charge in [0.25, 0.3) is 0 Å². The van der Waals surface area contributed by atoms with Gasteiger partial charge in [-0.3, -0.25) is 0 Å². The van der Waals surface area contributed by atoms with Crippen LogP contribution in [0.1, 0.15) is 16.8 Å². The normalized spacial score (nSPS) is 10.5. The summed E-state index contributed by atoms with van der Waals surface area (Å²) >= 11 is 5.77.